The summed E-state index contributed by atoms with van der Waals surface area (Å²) in [5, 5.41) is 5.52. The summed E-state index contributed by atoms with van der Waals surface area (Å²) in [6.07, 6.45) is 0. The minimum Gasteiger partial charge on any atom is -0.380 e. The number of aryl methyl sites for hydroxylation is 1. The maximum atomic E-state index is 14.2. The average Bonchev–Trinajstić information content (AvgIpc) is 3.17. The van der Waals surface area contributed by atoms with Crippen molar-refractivity contribution in [3.8, 4) is 11.1 Å². The van der Waals surface area contributed by atoms with Crippen molar-refractivity contribution in [2.75, 3.05) is 36.1 Å². The Morgan fingerprint density at radius 1 is 1.09 bits per heavy atom. The summed E-state index contributed by atoms with van der Waals surface area (Å²) >= 11 is 0.848. The largest absolute Gasteiger partial charge is 0.380 e. The summed E-state index contributed by atoms with van der Waals surface area (Å²) < 4.78 is 56.9. The fourth-order valence-electron chi connectivity index (χ4n) is 4.21. The van der Waals surface area contributed by atoms with Crippen LogP contribution in [0.5, 0.6) is 0 Å². The zero-order valence-corrected chi connectivity index (χ0v) is 19.6. The van der Waals surface area contributed by atoms with Crippen molar-refractivity contribution in [2.24, 2.45) is 10.6 Å². The molecule has 2 saturated heterocycles. The number of primary sulfonamides is 1. The highest BCUT2D eigenvalue weighted by Crippen LogP contribution is 2.40. The molecule has 0 radical (unpaired) electrons. The summed E-state index contributed by atoms with van der Waals surface area (Å²) in [6.45, 7) is 3.12. The third-order valence-corrected chi connectivity index (χ3v) is 8.65. The lowest BCUT2D eigenvalue weighted by atomic mass is 9.83. The fourth-order valence-corrected chi connectivity index (χ4v) is 6.15. The Balaban J connectivity index is 1.49. The summed E-state index contributed by atoms with van der Waals surface area (Å²) in [5.41, 5.74) is 1.03. The van der Waals surface area contributed by atoms with Crippen molar-refractivity contribution in [3.63, 3.8) is 0 Å². The van der Waals surface area contributed by atoms with Crippen LogP contribution in [0.3, 0.4) is 0 Å². The smallest absolute Gasteiger partial charge is 0.330 e. The second kappa shape index (κ2) is 8.08. The van der Waals surface area contributed by atoms with Crippen molar-refractivity contribution in [2.45, 2.75) is 11.1 Å². The molecule has 2 N–H and O–H groups in total. The van der Waals surface area contributed by atoms with Crippen LogP contribution in [0.25, 0.3) is 11.1 Å². The molecule has 2 aromatic carbocycles. The van der Waals surface area contributed by atoms with E-state index in [4.69, 9.17) is 9.88 Å². The van der Waals surface area contributed by atoms with Gasteiger partial charge in [-0.05, 0) is 42.8 Å². The van der Waals surface area contributed by atoms with Gasteiger partial charge in [0.15, 0.2) is 9.34 Å². The number of amides is 2. The molecule has 0 unspecified atom stereocenters. The van der Waals surface area contributed by atoms with Crippen molar-refractivity contribution in [1.82, 2.24) is 4.98 Å². The van der Waals surface area contributed by atoms with Crippen LogP contribution in [0.1, 0.15) is 5.69 Å². The number of sulfonamides is 1. The number of aromatic nitrogens is 1. The van der Waals surface area contributed by atoms with Gasteiger partial charge in [-0.3, -0.25) is 9.80 Å². The molecule has 2 aliphatic rings. The van der Waals surface area contributed by atoms with Crippen LogP contribution in [0.4, 0.5) is 24.4 Å². The number of carbonyl (C=O) groups is 1. The number of benzene rings is 2. The van der Waals surface area contributed by atoms with E-state index in [0.29, 0.717) is 37.6 Å². The predicted molar refractivity (Wildman–Crippen MR) is 123 cm³/mol. The van der Waals surface area contributed by atoms with Crippen LogP contribution < -0.4 is 14.9 Å². The van der Waals surface area contributed by atoms with Gasteiger partial charge in [0.1, 0.15) is 11.6 Å². The van der Waals surface area contributed by atoms with Gasteiger partial charge in [-0.2, -0.15) is 0 Å². The van der Waals surface area contributed by atoms with E-state index in [9.17, 15) is 22.0 Å². The third-order valence-electron chi connectivity index (χ3n) is 5.92. The molecule has 0 atom stereocenters. The first kappa shape index (κ1) is 22.8. The zero-order chi connectivity index (χ0) is 24.3. The zero-order valence-electron chi connectivity index (χ0n) is 18.0. The standard InChI is InChI=1S/C22H20F2N4O4S2/c1-13-19(34(25,30)31)33-20(26-13)28-10-22(11-32-12-22)9-27(21(28)29)16-5-2-14(3-6-16)17-8-15(23)4-7-18(17)24/h2-8H,9-12H2,1H3,(H2,25,30,31). The van der Waals surface area contributed by atoms with E-state index in [1.165, 1.54) is 11.8 Å². The number of nitrogens with zero attached hydrogens (tertiary/aromatic N) is 3. The number of hydrogen-bond acceptors (Lipinski definition) is 6. The lowest BCUT2D eigenvalue weighted by Crippen LogP contribution is -2.65. The monoisotopic (exact) mass is 506 g/mol. The van der Waals surface area contributed by atoms with Gasteiger partial charge < -0.3 is 4.74 Å². The van der Waals surface area contributed by atoms with Gasteiger partial charge >= 0.3 is 6.03 Å². The highest BCUT2D eigenvalue weighted by molar-refractivity contribution is 7.91. The van der Waals surface area contributed by atoms with Gasteiger partial charge in [0.25, 0.3) is 0 Å². The lowest BCUT2D eigenvalue weighted by molar-refractivity contribution is -0.103. The molecule has 1 spiro atoms. The predicted octanol–water partition coefficient (Wildman–Crippen LogP) is 3.51. The summed E-state index contributed by atoms with van der Waals surface area (Å²) in [7, 11) is -3.97. The number of urea groups is 1. The van der Waals surface area contributed by atoms with E-state index in [-0.39, 0.29) is 32.0 Å². The van der Waals surface area contributed by atoms with Crippen molar-refractivity contribution >= 4 is 38.2 Å². The molecule has 2 fully saturated rings. The van der Waals surface area contributed by atoms with Crippen LogP contribution in [-0.2, 0) is 14.8 Å². The van der Waals surface area contributed by atoms with Gasteiger partial charge in [0.2, 0.25) is 10.0 Å². The number of halogens is 2. The van der Waals surface area contributed by atoms with Gasteiger partial charge in [-0.15, -0.1) is 0 Å². The van der Waals surface area contributed by atoms with Crippen LogP contribution in [0.15, 0.2) is 46.7 Å². The molecule has 5 rings (SSSR count). The summed E-state index contributed by atoms with van der Waals surface area (Å²) in [4.78, 5) is 20.8. The van der Waals surface area contributed by atoms with Crippen molar-refractivity contribution < 1.29 is 26.7 Å². The Labute approximate surface area is 198 Å². The Hall–Kier alpha value is -2.93. The number of ether oxygens (including phenoxy) is 1. The second-order valence-corrected chi connectivity index (χ2v) is 11.3. The van der Waals surface area contributed by atoms with E-state index in [1.54, 1.807) is 29.2 Å². The number of hydrogen-bond donors (Lipinski definition) is 1. The Morgan fingerprint density at radius 2 is 1.76 bits per heavy atom. The molecule has 3 aromatic rings. The molecule has 1 aromatic heterocycles. The molecule has 0 aliphatic carbocycles. The van der Waals surface area contributed by atoms with Crippen molar-refractivity contribution in [1.29, 1.82) is 0 Å². The van der Waals surface area contributed by atoms with E-state index < -0.39 is 21.7 Å². The van der Waals surface area contributed by atoms with Crippen LogP contribution in [0, 0.1) is 24.0 Å². The number of thiazole rings is 1. The first-order chi connectivity index (χ1) is 16.1. The van der Waals surface area contributed by atoms with Crippen LogP contribution in [0.2, 0.25) is 0 Å². The highest BCUT2D eigenvalue weighted by Gasteiger charge is 2.49. The molecule has 0 bridgehead atoms. The second-order valence-electron chi connectivity index (χ2n) is 8.53. The number of rotatable bonds is 4. The van der Waals surface area contributed by atoms with Gasteiger partial charge in [0, 0.05) is 24.3 Å². The number of nitrogens with two attached hydrogens (primary N) is 1. The van der Waals surface area contributed by atoms with Gasteiger partial charge in [-0.25, -0.2) is 32.1 Å². The topological polar surface area (TPSA) is 106 Å². The normalized spacial score (nSPS) is 17.8. The Morgan fingerprint density at radius 3 is 2.35 bits per heavy atom. The number of anilines is 2. The Kier molecular flexibility index (Phi) is 5.43. The fraction of sp³-hybridized carbons (Fsp3) is 0.273. The SMILES string of the molecule is Cc1nc(N2CC3(COC3)CN(c3ccc(-c4cc(F)ccc4F)cc3)C2=O)sc1S(N)(=O)=O. The third kappa shape index (κ3) is 3.96. The molecular weight excluding hydrogens is 486 g/mol. The van der Waals surface area contributed by atoms with Crippen LogP contribution in [-0.4, -0.2) is 45.7 Å². The molecule has 2 aliphatic heterocycles. The highest BCUT2D eigenvalue weighted by atomic mass is 32.2. The first-order valence-corrected chi connectivity index (χ1v) is 12.7. The maximum Gasteiger partial charge on any atom is 0.330 e. The van der Waals surface area contributed by atoms with E-state index >= 15 is 0 Å². The molecule has 3 heterocycles. The minimum absolute atomic E-state index is 0.0900. The molecule has 2 amide bonds. The van der Waals surface area contributed by atoms with Gasteiger partial charge in [-0.1, -0.05) is 23.5 Å². The first-order valence-electron chi connectivity index (χ1n) is 10.3. The summed E-state index contributed by atoms with van der Waals surface area (Å²) in [6, 6.07) is 9.43. The van der Waals surface area contributed by atoms with E-state index in [0.717, 1.165) is 29.5 Å². The van der Waals surface area contributed by atoms with Gasteiger partial charge in [0.05, 0.1) is 24.3 Å². The van der Waals surface area contributed by atoms with Crippen LogP contribution >= 0.6 is 11.3 Å². The molecule has 8 nitrogen and oxygen atoms in total. The molecule has 12 heteroatoms. The lowest BCUT2D eigenvalue weighted by Gasteiger charge is -2.51. The summed E-state index contributed by atoms with van der Waals surface area (Å²) in [5.74, 6) is -1.10. The maximum absolute atomic E-state index is 14.2. The molecule has 34 heavy (non-hydrogen) atoms. The van der Waals surface area contributed by atoms with E-state index in [2.05, 4.69) is 4.98 Å². The van der Waals surface area contributed by atoms with E-state index in [1.807, 2.05) is 0 Å². The molecule has 0 saturated carbocycles. The molecular formula is C22H20F2N4O4S2. The number of carbonyl (C=O) groups excluding carboxylic acids is 1. The molecule has 178 valence electrons. The average molecular weight is 507 g/mol. The van der Waals surface area contributed by atoms with Crippen molar-refractivity contribution in [3.05, 3.63) is 59.8 Å². The minimum atomic E-state index is -3.97. The Bertz CT molecular complexity index is 1390. The quantitative estimate of drug-likeness (QED) is 0.583.